The van der Waals surface area contributed by atoms with Crippen LogP contribution in [0.5, 0.6) is 0 Å². The minimum absolute atomic E-state index is 0.0486. The van der Waals surface area contributed by atoms with Crippen molar-refractivity contribution < 1.29 is 23.9 Å². The van der Waals surface area contributed by atoms with E-state index in [2.05, 4.69) is 5.32 Å². The van der Waals surface area contributed by atoms with E-state index < -0.39 is 23.4 Å². The zero-order chi connectivity index (χ0) is 18.2. The lowest BCUT2D eigenvalue weighted by molar-refractivity contribution is -0.168. The Bertz CT molecular complexity index is 628. The number of hydrogen-bond acceptors (Lipinski definition) is 6. The van der Waals surface area contributed by atoms with Gasteiger partial charge >= 0.3 is 11.9 Å². The Morgan fingerprint density at radius 2 is 1.58 bits per heavy atom. The number of esters is 2. The third-order valence-corrected chi connectivity index (χ3v) is 3.19. The SMILES string of the molecule is CCOC(=O)C(Cc1ccc(C#N)cc1)(NC(C)=O)C(=O)OCC. The first kappa shape index (κ1) is 19.2. The van der Waals surface area contributed by atoms with Crippen molar-refractivity contribution in [3.63, 3.8) is 0 Å². The minimum atomic E-state index is -1.97. The summed E-state index contributed by atoms with van der Waals surface area (Å²) in [6.45, 7) is 4.50. The van der Waals surface area contributed by atoms with E-state index in [4.69, 9.17) is 14.7 Å². The predicted molar refractivity (Wildman–Crippen MR) is 84.7 cm³/mol. The number of hydrogen-bond donors (Lipinski definition) is 1. The Morgan fingerprint density at radius 1 is 1.08 bits per heavy atom. The largest absolute Gasteiger partial charge is 0.464 e. The van der Waals surface area contributed by atoms with Crippen molar-refractivity contribution in [2.75, 3.05) is 13.2 Å². The van der Waals surface area contributed by atoms with Gasteiger partial charge in [0, 0.05) is 13.3 Å². The van der Waals surface area contributed by atoms with E-state index in [9.17, 15) is 14.4 Å². The molecule has 1 aromatic rings. The van der Waals surface area contributed by atoms with Crippen LogP contribution in [0.1, 0.15) is 31.9 Å². The lowest BCUT2D eigenvalue weighted by Gasteiger charge is -2.29. The first-order valence-corrected chi connectivity index (χ1v) is 7.51. The summed E-state index contributed by atoms with van der Waals surface area (Å²) in [5.41, 5.74) is -0.952. The summed E-state index contributed by atoms with van der Waals surface area (Å²) >= 11 is 0. The standard InChI is InChI=1S/C17H20N2O5/c1-4-23-15(21)17(19-12(3)20,16(22)24-5-2)10-13-6-8-14(11-18)9-7-13/h6-9H,4-5,10H2,1-3H3,(H,19,20). The summed E-state index contributed by atoms with van der Waals surface area (Å²) in [6, 6.07) is 8.31. The monoisotopic (exact) mass is 332 g/mol. The van der Waals surface area contributed by atoms with Crippen LogP contribution < -0.4 is 5.32 Å². The maximum Gasteiger partial charge on any atom is 0.344 e. The molecule has 1 rings (SSSR count). The van der Waals surface area contributed by atoms with E-state index in [1.165, 1.54) is 6.92 Å². The summed E-state index contributed by atoms with van der Waals surface area (Å²) in [5.74, 6) is -2.34. The zero-order valence-corrected chi connectivity index (χ0v) is 13.9. The molecular weight excluding hydrogens is 312 g/mol. The second-order valence-corrected chi connectivity index (χ2v) is 5.01. The van der Waals surface area contributed by atoms with Crippen LogP contribution in [0.4, 0.5) is 0 Å². The number of nitrogens with zero attached hydrogens (tertiary/aromatic N) is 1. The second kappa shape index (κ2) is 8.67. The average molecular weight is 332 g/mol. The van der Waals surface area contributed by atoms with Gasteiger partial charge in [0.05, 0.1) is 24.8 Å². The van der Waals surface area contributed by atoms with Crippen LogP contribution in [0.15, 0.2) is 24.3 Å². The van der Waals surface area contributed by atoms with Crippen molar-refractivity contribution in [2.45, 2.75) is 32.7 Å². The van der Waals surface area contributed by atoms with E-state index in [-0.39, 0.29) is 19.6 Å². The van der Waals surface area contributed by atoms with Gasteiger partial charge in [0.15, 0.2) is 0 Å². The average Bonchev–Trinajstić information content (AvgIpc) is 2.54. The van der Waals surface area contributed by atoms with Gasteiger partial charge in [-0.1, -0.05) is 12.1 Å². The molecule has 1 amide bonds. The maximum absolute atomic E-state index is 12.5. The van der Waals surface area contributed by atoms with Gasteiger partial charge in [0.1, 0.15) is 0 Å². The summed E-state index contributed by atoms with van der Waals surface area (Å²) in [5, 5.41) is 11.2. The van der Waals surface area contributed by atoms with Crippen LogP contribution in [0, 0.1) is 11.3 Å². The summed E-state index contributed by atoms with van der Waals surface area (Å²) in [7, 11) is 0. The minimum Gasteiger partial charge on any atom is -0.464 e. The first-order chi connectivity index (χ1) is 11.4. The molecule has 0 heterocycles. The van der Waals surface area contributed by atoms with Crippen molar-refractivity contribution >= 4 is 17.8 Å². The molecule has 0 saturated heterocycles. The summed E-state index contributed by atoms with van der Waals surface area (Å²) < 4.78 is 9.97. The highest BCUT2D eigenvalue weighted by Gasteiger charge is 2.50. The van der Waals surface area contributed by atoms with E-state index in [0.29, 0.717) is 11.1 Å². The van der Waals surface area contributed by atoms with Crippen LogP contribution in [-0.4, -0.2) is 36.6 Å². The molecule has 0 unspecified atom stereocenters. The van der Waals surface area contributed by atoms with Gasteiger partial charge < -0.3 is 14.8 Å². The molecule has 0 spiro atoms. The molecule has 0 bridgehead atoms. The second-order valence-electron chi connectivity index (χ2n) is 5.01. The molecule has 0 fully saturated rings. The molecule has 0 aromatic heterocycles. The molecule has 1 N–H and O–H groups in total. The Balaban J connectivity index is 3.30. The van der Waals surface area contributed by atoms with Gasteiger partial charge in [-0.15, -0.1) is 0 Å². The Morgan fingerprint density at radius 3 is 1.96 bits per heavy atom. The molecule has 0 radical (unpaired) electrons. The number of rotatable bonds is 7. The van der Waals surface area contributed by atoms with Gasteiger partial charge in [-0.25, -0.2) is 9.59 Å². The predicted octanol–water partition coefficient (Wildman–Crippen LogP) is 1.10. The van der Waals surface area contributed by atoms with Crippen molar-refractivity contribution in [1.29, 1.82) is 5.26 Å². The van der Waals surface area contributed by atoms with Crippen LogP contribution in [0.25, 0.3) is 0 Å². The van der Waals surface area contributed by atoms with Gasteiger partial charge in [-0.05, 0) is 31.5 Å². The zero-order valence-electron chi connectivity index (χ0n) is 13.9. The third-order valence-electron chi connectivity index (χ3n) is 3.19. The third kappa shape index (κ3) is 4.56. The molecule has 0 aliphatic carbocycles. The molecule has 0 saturated carbocycles. The molecular formula is C17H20N2O5. The number of ether oxygens (including phenoxy) is 2. The van der Waals surface area contributed by atoms with E-state index in [1.54, 1.807) is 38.1 Å². The van der Waals surface area contributed by atoms with Crippen molar-refractivity contribution in [3.05, 3.63) is 35.4 Å². The number of amides is 1. The first-order valence-electron chi connectivity index (χ1n) is 7.51. The number of carbonyl (C=O) groups is 3. The molecule has 128 valence electrons. The molecule has 0 atom stereocenters. The molecule has 1 aromatic carbocycles. The quantitative estimate of drug-likeness (QED) is 0.592. The fraction of sp³-hybridized carbons (Fsp3) is 0.412. The van der Waals surface area contributed by atoms with E-state index in [0.717, 1.165) is 0 Å². The highest BCUT2D eigenvalue weighted by molar-refractivity contribution is 6.08. The Labute approximate surface area is 140 Å². The number of nitriles is 1. The lowest BCUT2D eigenvalue weighted by atomic mass is 9.90. The van der Waals surface area contributed by atoms with Crippen molar-refractivity contribution in [1.82, 2.24) is 5.32 Å². The maximum atomic E-state index is 12.5. The number of carbonyl (C=O) groups excluding carboxylic acids is 3. The fourth-order valence-electron chi connectivity index (χ4n) is 2.19. The van der Waals surface area contributed by atoms with Crippen molar-refractivity contribution in [2.24, 2.45) is 0 Å². The van der Waals surface area contributed by atoms with Crippen LogP contribution >= 0.6 is 0 Å². The van der Waals surface area contributed by atoms with Crippen LogP contribution in [0.3, 0.4) is 0 Å². The van der Waals surface area contributed by atoms with Gasteiger partial charge in [0.2, 0.25) is 11.4 Å². The topological polar surface area (TPSA) is 105 Å². The van der Waals surface area contributed by atoms with Gasteiger partial charge in [-0.2, -0.15) is 5.26 Å². The smallest absolute Gasteiger partial charge is 0.344 e. The highest BCUT2D eigenvalue weighted by atomic mass is 16.6. The van der Waals surface area contributed by atoms with Crippen molar-refractivity contribution in [3.8, 4) is 6.07 Å². The summed E-state index contributed by atoms with van der Waals surface area (Å²) in [6.07, 6.45) is -0.143. The molecule has 24 heavy (non-hydrogen) atoms. The Kier molecular flexibility index (Phi) is 6.93. The normalized spacial score (nSPS) is 10.4. The molecule has 0 aliphatic heterocycles. The van der Waals surface area contributed by atoms with E-state index in [1.807, 2.05) is 6.07 Å². The highest BCUT2D eigenvalue weighted by Crippen LogP contribution is 2.19. The van der Waals surface area contributed by atoms with Gasteiger partial charge in [0.25, 0.3) is 0 Å². The lowest BCUT2D eigenvalue weighted by Crippen LogP contribution is -2.62. The number of benzene rings is 1. The fourth-order valence-corrected chi connectivity index (χ4v) is 2.19. The molecule has 7 heteroatoms. The molecule has 7 nitrogen and oxygen atoms in total. The summed E-state index contributed by atoms with van der Waals surface area (Å²) in [4.78, 5) is 36.5. The van der Waals surface area contributed by atoms with Crippen LogP contribution in [0.2, 0.25) is 0 Å². The number of nitrogens with one attached hydrogen (secondary N) is 1. The molecule has 0 aliphatic rings. The van der Waals surface area contributed by atoms with Gasteiger partial charge in [-0.3, -0.25) is 4.79 Å². The Hall–Kier alpha value is -2.88. The van der Waals surface area contributed by atoms with E-state index >= 15 is 0 Å². The van der Waals surface area contributed by atoms with Crippen LogP contribution in [-0.2, 0) is 30.3 Å².